The smallest absolute Gasteiger partial charge is 0.244 e. The number of rotatable bonds is 8. The van der Waals surface area contributed by atoms with Crippen LogP contribution < -0.4 is 10.1 Å². The summed E-state index contributed by atoms with van der Waals surface area (Å²) in [4.78, 5) is 9.18. The Balaban J connectivity index is 1.33. The van der Waals surface area contributed by atoms with Crippen LogP contribution in [0.25, 0.3) is 0 Å². The Hall–Kier alpha value is -2.14. The van der Waals surface area contributed by atoms with Gasteiger partial charge in [0.1, 0.15) is 10.6 Å². The summed E-state index contributed by atoms with van der Waals surface area (Å²) in [6.45, 7) is 1.19. The molecule has 0 unspecified atom stereocenters. The number of thioether (sulfide) groups is 1. The van der Waals surface area contributed by atoms with Gasteiger partial charge in [0.2, 0.25) is 10.0 Å². The summed E-state index contributed by atoms with van der Waals surface area (Å²) in [5.74, 6) is 1.47. The lowest BCUT2D eigenvalue weighted by Gasteiger charge is -2.15. The number of benzene rings is 1. The Morgan fingerprint density at radius 3 is 2.60 bits per heavy atom. The number of ether oxygens (including phenoxy) is 1. The van der Waals surface area contributed by atoms with Crippen molar-refractivity contribution >= 4 is 43.9 Å². The predicted molar refractivity (Wildman–Crippen MR) is 120 cm³/mol. The third-order valence-electron chi connectivity index (χ3n) is 4.67. The first-order valence-corrected chi connectivity index (χ1v) is 12.8. The fourth-order valence-electron chi connectivity index (χ4n) is 3.06. The molecular weight excluding hydrogens is 440 g/mol. The van der Waals surface area contributed by atoms with Gasteiger partial charge in [0.25, 0.3) is 0 Å². The van der Waals surface area contributed by atoms with Gasteiger partial charge in [0.15, 0.2) is 5.13 Å². The minimum absolute atomic E-state index is 0.258. The molecule has 0 bridgehead atoms. The summed E-state index contributed by atoms with van der Waals surface area (Å²) < 4.78 is 31.8. The van der Waals surface area contributed by atoms with Crippen LogP contribution in [0, 0.1) is 0 Å². The summed E-state index contributed by atoms with van der Waals surface area (Å²) in [5.41, 5.74) is 1.89. The number of methoxy groups -OCH3 is 1. The van der Waals surface area contributed by atoms with Gasteiger partial charge in [-0.1, -0.05) is 0 Å². The molecule has 0 saturated carbocycles. The molecule has 3 aromatic rings. The highest BCUT2D eigenvalue weighted by Crippen LogP contribution is 2.27. The van der Waals surface area contributed by atoms with E-state index in [1.54, 1.807) is 19.2 Å². The molecule has 2 aromatic heterocycles. The maximum atomic E-state index is 12.6. The average molecular weight is 463 g/mol. The zero-order chi connectivity index (χ0) is 21.0. The Labute approximate surface area is 184 Å². The lowest BCUT2D eigenvalue weighted by molar-refractivity contribution is 0.415. The van der Waals surface area contributed by atoms with Gasteiger partial charge in [-0.2, -0.15) is 4.31 Å². The van der Waals surface area contributed by atoms with Crippen LogP contribution in [0.3, 0.4) is 0 Å². The van der Waals surface area contributed by atoms with Gasteiger partial charge in [0.05, 0.1) is 17.8 Å². The summed E-state index contributed by atoms with van der Waals surface area (Å²) in [5, 5.41) is 6.87. The molecule has 1 N–H and O–H groups in total. The molecule has 1 saturated heterocycles. The van der Waals surface area contributed by atoms with E-state index in [0.717, 1.165) is 40.1 Å². The molecule has 30 heavy (non-hydrogen) atoms. The number of nitrogens with zero attached hydrogens (tertiary/aromatic N) is 3. The van der Waals surface area contributed by atoms with Crippen LogP contribution in [0.15, 0.2) is 57.9 Å². The fraction of sp³-hybridized carbons (Fsp3) is 0.300. The SMILES string of the molecule is COc1ccc(Nc2nc(CSc3ccc(S(=O)(=O)N4CCCC4)cn3)cs2)cc1. The Bertz CT molecular complexity index is 1080. The van der Waals surface area contributed by atoms with E-state index < -0.39 is 10.0 Å². The molecule has 0 spiro atoms. The number of anilines is 2. The molecule has 0 atom stereocenters. The highest BCUT2D eigenvalue weighted by Gasteiger charge is 2.27. The summed E-state index contributed by atoms with van der Waals surface area (Å²) in [6.07, 6.45) is 3.29. The number of hydrogen-bond acceptors (Lipinski definition) is 8. The van der Waals surface area contributed by atoms with Crippen LogP contribution in [0.4, 0.5) is 10.8 Å². The van der Waals surface area contributed by atoms with E-state index in [1.807, 2.05) is 29.6 Å². The zero-order valence-electron chi connectivity index (χ0n) is 16.4. The number of aromatic nitrogens is 2. The molecule has 0 aliphatic carbocycles. The van der Waals surface area contributed by atoms with Gasteiger partial charge in [-0.3, -0.25) is 0 Å². The Morgan fingerprint density at radius 1 is 1.17 bits per heavy atom. The van der Waals surface area contributed by atoms with E-state index in [2.05, 4.69) is 15.3 Å². The van der Waals surface area contributed by atoms with Crippen molar-refractivity contribution in [1.82, 2.24) is 14.3 Å². The highest BCUT2D eigenvalue weighted by molar-refractivity contribution is 7.98. The van der Waals surface area contributed by atoms with Gasteiger partial charge in [0, 0.05) is 36.1 Å². The maximum Gasteiger partial charge on any atom is 0.244 e. The van der Waals surface area contributed by atoms with E-state index in [4.69, 9.17) is 4.74 Å². The Kier molecular flexibility index (Phi) is 6.57. The molecule has 10 heteroatoms. The first-order valence-electron chi connectivity index (χ1n) is 9.49. The first-order chi connectivity index (χ1) is 14.5. The van der Waals surface area contributed by atoms with E-state index in [-0.39, 0.29) is 4.90 Å². The van der Waals surface area contributed by atoms with Crippen molar-refractivity contribution < 1.29 is 13.2 Å². The average Bonchev–Trinajstić information content (AvgIpc) is 3.46. The maximum absolute atomic E-state index is 12.6. The molecule has 1 aliphatic rings. The van der Waals surface area contributed by atoms with E-state index in [0.29, 0.717) is 18.8 Å². The molecule has 0 amide bonds. The zero-order valence-corrected chi connectivity index (χ0v) is 18.9. The van der Waals surface area contributed by atoms with Crippen molar-refractivity contribution in [2.45, 2.75) is 28.5 Å². The predicted octanol–water partition coefficient (Wildman–Crippen LogP) is 4.37. The second kappa shape index (κ2) is 9.34. The summed E-state index contributed by atoms with van der Waals surface area (Å²) in [7, 11) is -1.78. The molecule has 3 heterocycles. The Morgan fingerprint density at radius 2 is 1.93 bits per heavy atom. The second-order valence-corrected chi connectivity index (χ2v) is 10.5. The molecule has 1 aliphatic heterocycles. The van der Waals surface area contributed by atoms with Gasteiger partial charge in [-0.05, 0) is 49.2 Å². The van der Waals surface area contributed by atoms with Crippen molar-refractivity contribution in [2.24, 2.45) is 0 Å². The molecule has 1 fully saturated rings. The van der Waals surface area contributed by atoms with Crippen molar-refractivity contribution in [3.63, 3.8) is 0 Å². The van der Waals surface area contributed by atoms with Crippen LogP contribution in [-0.4, -0.2) is 42.9 Å². The van der Waals surface area contributed by atoms with Crippen LogP contribution in [0.5, 0.6) is 5.75 Å². The monoisotopic (exact) mass is 462 g/mol. The van der Waals surface area contributed by atoms with Crippen molar-refractivity contribution in [2.75, 3.05) is 25.5 Å². The number of nitrogens with one attached hydrogen (secondary N) is 1. The largest absolute Gasteiger partial charge is 0.497 e. The first kappa shape index (κ1) is 21.1. The van der Waals surface area contributed by atoms with Crippen molar-refractivity contribution in [3.8, 4) is 5.75 Å². The summed E-state index contributed by atoms with van der Waals surface area (Å²) >= 11 is 3.07. The topological polar surface area (TPSA) is 84.4 Å². The van der Waals surface area contributed by atoms with Gasteiger partial charge < -0.3 is 10.1 Å². The molecular formula is C20H22N4O3S3. The standard InChI is InChI=1S/C20H22N4O3S3/c1-27-17-6-4-15(5-7-17)22-20-23-16(14-29-20)13-28-19-9-8-18(12-21-19)30(25,26)24-10-2-3-11-24/h4-9,12,14H,2-3,10-11,13H2,1H3,(H,22,23). The van der Waals surface area contributed by atoms with Gasteiger partial charge in [-0.25, -0.2) is 18.4 Å². The highest BCUT2D eigenvalue weighted by atomic mass is 32.2. The van der Waals surface area contributed by atoms with Crippen molar-refractivity contribution in [3.05, 3.63) is 53.7 Å². The number of thiazole rings is 1. The fourth-order valence-corrected chi connectivity index (χ4v) is 6.09. The van der Waals surface area contributed by atoms with Crippen LogP contribution in [0.1, 0.15) is 18.5 Å². The molecule has 1 aromatic carbocycles. The quantitative estimate of drug-likeness (QED) is 0.498. The normalized spacial score (nSPS) is 14.7. The third kappa shape index (κ3) is 4.94. The summed E-state index contributed by atoms with van der Waals surface area (Å²) in [6, 6.07) is 11.1. The van der Waals surface area contributed by atoms with Crippen LogP contribution >= 0.6 is 23.1 Å². The number of sulfonamides is 1. The van der Waals surface area contributed by atoms with Gasteiger partial charge in [-0.15, -0.1) is 23.1 Å². The van der Waals surface area contributed by atoms with E-state index in [9.17, 15) is 8.42 Å². The molecule has 7 nitrogen and oxygen atoms in total. The lowest BCUT2D eigenvalue weighted by atomic mass is 10.3. The minimum Gasteiger partial charge on any atom is -0.497 e. The number of pyridine rings is 1. The molecule has 0 radical (unpaired) electrons. The molecule has 158 valence electrons. The second-order valence-electron chi connectivity index (χ2n) is 6.73. The molecule has 4 rings (SSSR count). The minimum atomic E-state index is -3.42. The van der Waals surface area contributed by atoms with Gasteiger partial charge >= 0.3 is 0 Å². The van der Waals surface area contributed by atoms with E-state index in [1.165, 1.54) is 33.6 Å². The lowest BCUT2D eigenvalue weighted by Crippen LogP contribution is -2.27. The van der Waals surface area contributed by atoms with Crippen LogP contribution in [0.2, 0.25) is 0 Å². The number of hydrogen-bond donors (Lipinski definition) is 1. The van der Waals surface area contributed by atoms with Crippen LogP contribution in [-0.2, 0) is 15.8 Å². The third-order valence-corrected chi connectivity index (χ3v) is 8.34. The van der Waals surface area contributed by atoms with Crippen molar-refractivity contribution in [1.29, 1.82) is 0 Å². The van der Waals surface area contributed by atoms with E-state index >= 15 is 0 Å².